The molecule has 3 aromatic carbocycles. The molecule has 1 aliphatic rings. The number of nitriles is 1. The van der Waals surface area contributed by atoms with Gasteiger partial charge in [0.05, 0.1) is 51.1 Å². The Bertz CT molecular complexity index is 2610. The molecular formula is C41H43F3N8O5S. The first kappa shape index (κ1) is 41.6. The third-order valence-electron chi connectivity index (χ3n) is 11.1. The van der Waals surface area contributed by atoms with Crippen molar-refractivity contribution >= 4 is 22.0 Å². The lowest BCUT2D eigenvalue weighted by Gasteiger charge is -2.31. The van der Waals surface area contributed by atoms with Crippen LogP contribution >= 0.6 is 0 Å². The van der Waals surface area contributed by atoms with Gasteiger partial charge in [0.15, 0.2) is 0 Å². The quantitative estimate of drug-likeness (QED) is 0.181. The van der Waals surface area contributed by atoms with Crippen LogP contribution in [0.1, 0.15) is 64.8 Å². The SMILES string of the molecule is Cc1c(CCN(C)C(=O)C2CCC(NC(=O)n3c(-c4ccnn4-c4ccc(C#N)cc4)c(C)n(-c4cccc(C(F)(F)F)c4)c3=O)CC2)cc(S(N)(=O)=O)c(C)c1C. The van der Waals surface area contributed by atoms with Gasteiger partial charge in [0, 0.05) is 25.6 Å². The smallest absolute Gasteiger partial charge is 0.345 e. The second-order valence-electron chi connectivity index (χ2n) is 14.7. The average molecular weight is 817 g/mol. The second-order valence-corrected chi connectivity index (χ2v) is 16.2. The van der Waals surface area contributed by atoms with E-state index in [-0.39, 0.29) is 33.8 Å². The second kappa shape index (κ2) is 16.1. The fraction of sp³-hybridized carbons (Fsp3) is 0.341. The summed E-state index contributed by atoms with van der Waals surface area (Å²) in [4.78, 5) is 43.6. The third-order valence-corrected chi connectivity index (χ3v) is 12.2. The molecule has 0 radical (unpaired) electrons. The Kier molecular flexibility index (Phi) is 11.6. The number of halogens is 3. The van der Waals surface area contributed by atoms with Gasteiger partial charge in [-0.15, -0.1) is 0 Å². The van der Waals surface area contributed by atoms with Gasteiger partial charge in [-0.05, 0) is 137 Å². The fourth-order valence-corrected chi connectivity index (χ4v) is 8.54. The Labute approximate surface area is 333 Å². The Hall–Kier alpha value is -5.99. The first-order chi connectivity index (χ1) is 27.3. The molecule has 13 nitrogen and oxygen atoms in total. The van der Waals surface area contributed by atoms with E-state index in [4.69, 9.17) is 5.14 Å². The van der Waals surface area contributed by atoms with Crippen molar-refractivity contribution in [2.24, 2.45) is 11.1 Å². The summed E-state index contributed by atoms with van der Waals surface area (Å²) in [5, 5.41) is 22.1. The Balaban J connectivity index is 1.23. The van der Waals surface area contributed by atoms with Crippen molar-refractivity contribution in [3.63, 3.8) is 0 Å². The topological polar surface area (TPSA) is 178 Å². The van der Waals surface area contributed by atoms with Crippen molar-refractivity contribution < 1.29 is 31.2 Å². The van der Waals surface area contributed by atoms with E-state index in [2.05, 4.69) is 10.4 Å². The molecule has 6 rings (SSSR count). The number of likely N-dealkylation sites (N-methyl/N-ethyl adjacent to an activating group) is 1. The normalized spacial score (nSPS) is 15.9. The van der Waals surface area contributed by atoms with Crippen molar-refractivity contribution in [1.82, 2.24) is 29.1 Å². The van der Waals surface area contributed by atoms with E-state index >= 15 is 0 Å². The number of nitrogens with zero attached hydrogens (tertiary/aromatic N) is 6. The van der Waals surface area contributed by atoms with E-state index in [9.17, 15) is 41.2 Å². The lowest BCUT2D eigenvalue weighted by molar-refractivity contribution is -0.137. The van der Waals surface area contributed by atoms with Gasteiger partial charge < -0.3 is 10.2 Å². The lowest BCUT2D eigenvalue weighted by Crippen LogP contribution is -2.45. The zero-order valence-electron chi connectivity index (χ0n) is 32.6. The van der Waals surface area contributed by atoms with E-state index in [0.717, 1.165) is 38.0 Å². The van der Waals surface area contributed by atoms with Crippen LogP contribution in [-0.2, 0) is 27.4 Å². The number of carbonyl (C=O) groups is 2. The molecule has 1 aliphatic carbocycles. The molecule has 0 aliphatic heterocycles. The van der Waals surface area contributed by atoms with Crippen LogP contribution in [0.25, 0.3) is 22.8 Å². The molecule has 3 N–H and O–H groups in total. The number of amides is 2. The van der Waals surface area contributed by atoms with Crippen molar-refractivity contribution in [2.45, 2.75) is 76.9 Å². The first-order valence-electron chi connectivity index (χ1n) is 18.6. The van der Waals surface area contributed by atoms with Crippen LogP contribution in [0.2, 0.25) is 0 Å². The maximum atomic E-state index is 14.2. The Morgan fingerprint density at radius 2 is 1.64 bits per heavy atom. The van der Waals surface area contributed by atoms with Gasteiger partial charge in [0.1, 0.15) is 5.69 Å². The van der Waals surface area contributed by atoms with Crippen LogP contribution in [0, 0.1) is 44.9 Å². The highest BCUT2D eigenvalue weighted by molar-refractivity contribution is 7.89. The monoisotopic (exact) mass is 816 g/mol. The number of hydrogen-bond donors (Lipinski definition) is 2. The molecule has 0 saturated heterocycles. The number of alkyl halides is 3. The van der Waals surface area contributed by atoms with E-state index in [1.165, 1.54) is 29.9 Å². The molecule has 0 atom stereocenters. The van der Waals surface area contributed by atoms with Gasteiger partial charge in [-0.1, -0.05) is 6.07 Å². The number of hydrogen-bond acceptors (Lipinski definition) is 7. The fourth-order valence-electron chi connectivity index (χ4n) is 7.66. The predicted octanol–water partition coefficient (Wildman–Crippen LogP) is 6.08. The number of imidazole rings is 1. The zero-order chi connectivity index (χ0) is 42.3. The third kappa shape index (κ3) is 8.20. The summed E-state index contributed by atoms with van der Waals surface area (Å²) in [5.41, 5.74) is 2.68. The molecule has 5 aromatic rings. The zero-order valence-corrected chi connectivity index (χ0v) is 33.4. The van der Waals surface area contributed by atoms with Crippen LogP contribution in [-0.4, -0.2) is 63.8 Å². The minimum atomic E-state index is -4.68. The minimum Gasteiger partial charge on any atom is -0.345 e. The molecular weight excluding hydrogens is 774 g/mol. The highest BCUT2D eigenvalue weighted by Crippen LogP contribution is 2.33. The molecule has 0 spiro atoms. The highest BCUT2D eigenvalue weighted by Gasteiger charge is 2.34. The standard InChI is InChI=1S/C41H43F3N8O5S/c1-24-25(2)30(21-36(26(24)3)58(46,56)57)18-20-49(5)38(53)29-11-13-32(14-12-29)48-39(54)51-37(35-17-19-47-52(35)33-15-9-28(23-45)10-16-33)27(4)50(40(51)55)34-8-6-7-31(22-34)41(42,43)44/h6-10,15-17,19,21-22,29,32H,11-14,18,20H2,1-5H3,(H,48,54)(H2,46,56,57). The molecule has 2 heterocycles. The van der Waals surface area contributed by atoms with Crippen molar-refractivity contribution in [3.05, 3.63) is 116 Å². The van der Waals surface area contributed by atoms with Crippen LogP contribution in [0.5, 0.6) is 0 Å². The number of benzene rings is 3. The molecule has 17 heteroatoms. The molecule has 0 bridgehead atoms. The number of nitrogens with one attached hydrogen (secondary N) is 1. The van der Waals surface area contributed by atoms with Gasteiger partial charge in [-0.3, -0.25) is 9.36 Å². The molecule has 2 aromatic heterocycles. The highest BCUT2D eigenvalue weighted by atomic mass is 32.2. The van der Waals surface area contributed by atoms with Crippen LogP contribution in [0.3, 0.4) is 0 Å². The van der Waals surface area contributed by atoms with Gasteiger partial charge in [-0.2, -0.15) is 23.5 Å². The molecule has 58 heavy (non-hydrogen) atoms. The number of primary sulfonamides is 1. The largest absolute Gasteiger partial charge is 0.416 e. The molecule has 2 amide bonds. The molecule has 1 saturated carbocycles. The van der Waals surface area contributed by atoms with Gasteiger partial charge >= 0.3 is 17.9 Å². The van der Waals surface area contributed by atoms with Gasteiger partial charge in [-0.25, -0.2) is 32.4 Å². The maximum Gasteiger partial charge on any atom is 0.416 e. The maximum absolute atomic E-state index is 14.2. The summed E-state index contributed by atoms with van der Waals surface area (Å²) in [6.07, 6.45) is -1.06. The van der Waals surface area contributed by atoms with Gasteiger partial charge in [0.25, 0.3) is 0 Å². The Morgan fingerprint density at radius 1 is 0.966 bits per heavy atom. The first-order valence-corrected chi connectivity index (χ1v) is 20.1. The van der Waals surface area contributed by atoms with Crippen LogP contribution in [0.4, 0.5) is 18.0 Å². The van der Waals surface area contributed by atoms with Crippen molar-refractivity contribution in [2.75, 3.05) is 13.6 Å². The number of rotatable bonds is 9. The predicted molar refractivity (Wildman–Crippen MR) is 210 cm³/mol. The van der Waals surface area contributed by atoms with Gasteiger partial charge in [0.2, 0.25) is 15.9 Å². The van der Waals surface area contributed by atoms with Crippen LogP contribution in [0.15, 0.2) is 76.6 Å². The number of sulfonamides is 1. The summed E-state index contributed by atoms with van der Waals surface area (Å²) < 4.78 is 69.1. The number of nitrogens with two attached hydrogens (primary N) is 1. The van der Waals surface area contributed by atoms with E-state index in [1.807, 2.05) is 19.9 Å². The number of carbonyl (C=O) groups excluding carboxylic acids is 2. The van der Waals surface area contributed by atoms with Crippen LogP contribution < -0.4 is 16.1 Å². The molecule has 1 fully saturated rings. The summed E-state index contributed by atoms with van der Waals surface area (Å²) in [7, 11) is -2.24. The van der Waals surface area contributed by atoms with E-state index in [1.54, 1.807) is 55.3 Å². The molecule has 0 unspecified atom stereocenters. The summed E-state index contributed by atoms with van der Waals surface area (Å²) >= 11 is 0. The molecule has 304 valence electrons. The minimum absolute atomic E-state index is 0.0636. The van der Waals surface area contributed by atoms with E-state index < -0.39 is 39.5 Å². The summed E-state index contributed by atoms with van der Waals surface area (Å²) in [6.45, 7) is 7.33. The average Bonchev–Trinajstić information content (AvgIpc) is 3.77. The lowest BCUT2D eigenvalue weighted by atomic mass is 9.85. The summed E-state index contributed by atoms with van der Waals surface area (Å²) in [6, 6.07) is 14.7. The number of aromatic nitrogens is 4. The Morgan fingerprint density at radius 3 is 2.26 bits per heavy atom. The van der Waals surface area contributed by atoms with E-state index in [0.29, 0.717) is 61.2 Å². The van der Waals surface area contributed by atoms with Crippen molar-refractivity contribution in [3.8, 4) is 28.8 Å². The van der Waals surface area contributed by atoms with Crippen molar-refractivity contribution in [1.29, 1.82) is 5.26 Å². The summed E-state index contributed by atoms with van der Waals surface area (Å²) in [5.74, 6) is -0.412.